The van der Waals surface area contributed by atoms with Crippen molar-refractivity contribution in [3.63, 3.8) is 0 Å². The van der Waals surface area contributed by atoms with Crippen molar-refractivity contribution < 1.29 is 0 Å². The Labute approximate surface area is 92.6 Å². The zero-order valence-corrected chi connectivity index (χ0v) is 10.3. The lowest BCUT2D eigenvalue weighted by molar-refractivity contribution is 0.640. The van der Waals surface area contributed by atoms with Gasteiger partial charge in [-0.25, -0.2) is 0 Å². The molecule has 1 aromatic rings. The Morgan fingerprint density at radius 3 is 2.85 bits per heavy atom. The minimum absolute atomic E-state index is 0.694. The Bertz CT molecular complexity index is 263. The van der Waals surface area contributed by atoms with Crippen LogP contribution >= 0.6 is 27.9 Å². The molecule has 0 amide bonds. The molecule has 0 aromatic heterocycles. The van der Waals surface area contributed by atoms with Gasteiger partial charge in [-0.15, -0.1) is 0 Å². The summed E-state index contributed by atoms with van der Waals surface area (Å²) in [5, 5.41) is 0. The molecule has 0 spiro atoms. The lowest BCUT2D eigenvalue weighted by Gasteiger charge is -2.06. The van der Waals surface area contributed by atoms with Crippen LogP contribution in [0.5, 0.6) is 0 Å². The average molecular weight is 260 g/mol. The second-order valence-corrected chi connectivity index (χ2v) is 5.18. The number of hydrogen-bond acceptors (Lipinski definition) is 2. The molecule has 1 aromatic carbocycles. The average Bonchev–Trinajstić information content (AvgIpc) is 2.03. The molecule has 0 aliphatic heterocycles. The zero-order valence-electron chi connectivity index (χ0n) is 7.88. The third-order valence-electron chi connectivity index (χ3n) is 1.48. The van der Waals surface area contributed by atoms with Crippen LogP contribution in [-0.2, 0) is 0 Å². The molecular formula is C10H14BrNS. The fourth-order valence-electron chi connectivity index (χ4n) is 0.822. The Hall–Kier alpha value is 0.01000. The Morgan fingerprint density at radius 1 is 1.46 bits per heavy atom. The number of halogens is 1. The van der Waals surface area contributed by atoms with Crippen LogP contribution in [0.4, 0.5) is 0 Å². The van der Waals surface area contributed by atoms with Crippen molar-refractivity contribution in [2.24, 2.45) is 5.92 Å². The molecule has 0 aliphatic rings. The van der Waals surface area contributed by atoms with Gasteiger partial charge in [0.15, 0.2) is 0 Å². The molecule has 72 valence electrons. The highest BCUT2D eigenvalue weighted by molar-refractivity contribution is 9.10. The largest absolute Gasteiger partial charge is 0.260 e. The third kappa shape index (κ3) is 4.69. The van der Waals surface area contributed by atoms with E-state index in [1.807, 2.05) is 12.1 Å². The van der Waals surface area contributed by atoms with Gasteiger partial charge >= 0.3 is 0 Å². The maximum absolute atomic E-state index is 3.44. The molecule has 1 nitrogen and oxygen atoms in total. The summed E-state index contributed by atoms with van der Waals surface area (Å²) in [6.07, 6.45) is 0. The highest BCUT2D eigenvalue weighted by Gasteiger charge is 1.96. The van der Waals surface area contributed by atoms with E-state index in [0.717, 1.165) is 11.0 Å². The molecule has 0 radical (unpaired) electrons. The van der Waals surface area contributed by atoms with Crippen molar-refractivity contribution in [3.8, 4) is 0 Å². The van der Waals surface area contributed by atoms with Crippen LogP contribution in [0, 0.1) is 5.92 Å². The van der Waals surface area contributed by atoms with E-state index in [1.54, 1.807) is 11.9 Å². The molecule has 13 heavy (non-hydrogen) atoms. The summed E-state index contributed by atoms with van der Waals surface area (Å²) in [6.45, 7) is 5.44. The number of rotatable bonds is 4. The number of benzene rings is 1. The number of nitrogens with one attached hydrogen (secondary N) is 1. The maximum Gasteiger partial charge on any atom is 0.0239 e. The quantitative estimate of drug-likeness (QED) is 0.828. The predicted molar refractivity (Wildman–Crippen MR) is 62.8 cm³/mol. The summed E-state index contributed by atoms with van der Waals surface area (Å²) < 4.78 is 4.45. The smallest absolute Gasteiger partial charge is 0.0239 e. The molecule has 0 atom stereocenters. The van der Waals surface area contributed by atoms with Crippen LogP contribution < -0.4 is 4.72 Å². The SMILES string of the molecule is CC(C)CNSc1cccc(Br)c1. The molecular weight excluding hydrogens is 246 g/mol. The van der Waals surface area contributed by atoms with E-state index in [0.29, 0.717) is 5.92 Å². The molecule has 0 heterocycles. The highest BCUT2D eigenvalue weighted by atomic mass is 79.9. The maximum atomic E-state index is 3.44. The summed E-state index contributed by atoms with van der Waals surface area (Å²) in [7, 11) is 0. The van der Waals surface area contributed by atoms with Crippen molar-refractivity contribution in [2.45, 2.75) is 18.7 Å². The second-order valence-electron chi connectivity index (χ2n) is 3.30. The monoisotopic (exact) mass is 259 g/mol. The first-order valence-corrected chi connectivity index (χ1v) is 5.94. The summed E-state index contributed by atoms with van der Waals surface area (Å²) >= 11 is 5.12. The fraction of sp³-hybridized carbons (Fsp3) is 0.400. The molecule has 0 unspecified atom stereocenters. The van der Waals surface area contributed by atoms with Gasteiger partial charge in [-0.2, -0.15) is 0 Å². The molecule has 0 fully saturated rings. The van der Waals surface area contributed by atoms with E-state index < -0.39 is 0 Å². The topological polar surface area (TPSA) is 12.0 Å². The summed E-state index contributed by atoms with van der Waals surface area (Å²) in [4.78, 5) is 1.25. The standard InChI is InChI=1S/C10H14BrNS/c1-8(2)7-12-13-10-5-3-4-9(11)6-10/h3-6,8,12H,7H2,1-2H3. The molecule has 0 aliphatic carbocycles. The fourth-order valence-corrected chi connectivity index (χ4v) is 2.29. The van der Waals surface area contributed by atoms with Gasteiger partial charge in [-0.3, -0.25) is 4.72 Å². The van der Waals surface area contributed by atoms with Crippen LogP contribution in [0.25, 0.3) is 0 Å². The van der Waals surface area contributed by atoms with Gasteiger partial charge < -0.3 is 0 Å². The summed E-state index contributed by atoms with van der Waals surface area (Å²) in [5.41, 5.74) is 0. The third-order valence-corrected chi connectivity index (χ3v) is 2.77. The van der Waals surface area contributed by atoms with Gasteiger partial charge in [0.1, 0.15) is 0 Å². The molecule has 0 saturated carbocycles. The van der Waals surface area contributed by atoms with E-state index in [9.17, 15) is 0 Å². The lowest BCUT2D eigenvalue weighted by Crippen LogP contribution is -2.11. The van der Waals surface area contributed by atoms with Crippen LogP contribution in [0.3, 0.4) is 0 Å². The van der Waals surface area contributed by atoms with Crippen LogP contribution in [-0.4, -0.2) is 6.54 Å². The van der Waals surface area contributed by atoms with Gasteiger partial charge in [-0.1, -0.05) is 35.8 Å². The van der Waals surface area contributed by atoms with Crippen molar-refractivity contribution in [3.05, 3.63) is 28.7 Å². The Morgan fingerprint density at radius 2 is 2.23 bits per heavy atom. The minimum atomic E-state index is 0.694. The van der Waals surface area contributed by atoms with Gasteiger partial charge in [0.05, 0.1) is 0 Å². The lowest BCUT2D eigenvalue weighted by atomic mass is 10.2. The van der Waals surface area contributed by atoms with Crippen LogP contribution in [0.2, 0.25) is 0 Å². The van der Waals surface area contributed by atoms with Crippen LogP contribution in [0.1, 0.15) is 13.8 Å². The van der Waals surface area contributed by atoms with E-state index in [-0.39, 0.29) is 0 Å². The van der Waals surface area contributed by atoms with E-state index in [2.05, 4.69) is 46.6 Å². The van der Waals surface area contributed by atoms with E-state index in [1.165, 1.54) is 4.90 Å². The molecule has 0 bridgehead atoms. The van der Waals surface area contributed by atoms with E-state index in [4.69, 9.17) is 0 Å². The molecule has 0 saturated heterocycles. The van der Waals surface area contributed by atoms with E-state index >= 15 is 0 Å². The first kappa shape index (κ1) is 11.1. The van der Waals surface area contributed by atoms with Crippen molar-refractivity contribution in [1.82, 2.24) is 4.72 Å². The Balaban J connectivity index is 2.37. The van der Waals surface area contributed by atoms with Gasteiger partial charge in [0.2, 0.25) is 0 Å². The normalized spacial score (nSPS) is 10.8. The molecule has 1 N–H and O–H groups in total. The highest BCUT2D eigenvalue weighted by Crippen LogP contribution is 2.19. The minimum Gasteiger partial charge on any atom is -0.260 e. The van der Waals surface area contributed by atoms with Crippen molar-refractivity contribution >= 4 is 27.9 Å². The predicted octanol–water partition coefficient (Wildman–Crippen LogP) is 3.70. The molecule has 1 rings (SSSR count). The first-order chi connectivity index (χ1) is 6.18. The van der Waals surface area contributed by atoms with Gasteiger partial charge in [0, 0.05) is 15.9 Å². The van der Waals surface area contributed by atoms with Crippen LogP contribution in [0.15, 0.2) is 33.6 Å². The first-order valence-electron chi connectivity index (χ1n) is 4.34. The van der Waals surface area contributed by atoms with Gasteiger partial charge in [0.25, 0.3) is 0 Å². The van der Waals surface area contributed by atoms with Crippen molar-refractivity contribution in [1.29, 1.82) is 0 Å². The summed E-state index contributed by atoms with van der Waals surface area (Å²) in [5.74, 6) is 0.694. The molecule has 3 heteroatoms. The van der Waals surface area contributed by atoms with Gasteiger partial charge in [-0.05, 0) is 36.1 Å². The van der Waals surface area contributed by atoms with Crippen molar-refractivity contribution in [2.75, 3.05) is 6.54 Å². The summed E-state index contributed by atoms with van der Waals surface area (Å²) in [6, 6.07) is 8.29. The number of hydrogen-bond donors (Lipinski definition) is 1. The second kappa shape index (κ2) is 5.68. The Kier molecular flexibility index (Phi) is 4.84. The zero-order chi connectivity index (χ0) is 9.68.